The fourth-order valence-corrected chi connectivity index (χ4v) is 0. The molecule has 0 amide bonds. The second kappa shape index (κ2) is 32.3. The molecule has 0 saturated heterocycles. The van der Waals surface area contributed by atoms with Crippen molar-refractivity contribution in [2.24, 2.45) is 0 Å². The van der Waals surface area contributed by atoms with E-state index < -0.39 is 0 Å². The fourth-order valence-electron chi connectivity index (χ4n) is 0. The Kier molecular flexibility index (Phi) is 236. The van der Waals surface area contributed by atoms with E-state index in [0.717, 1.165) is 0 Å². The number of rotatable bonds is 0. The Labute approximate surface area is 150 Å². The Balaban J connectivity index is 0. The topological polar surface area (TPSA) is 0 Å². The molecule has 0 atom stereocenters. The summed E-state index contributed by atoms with van der Waals surface area (Å²) in [6, 6.07) is 0. The van der Waals surface area contributed by atoms with Gasteiger partial charge in [0.25, 0.3) is 0 Å². The van der Waals surface area contributed by atoms with Crippen molar-refractivity contribution in [3.8, 4) is 0 Å². The van der Waals surface area contributed by atoms with E-state index in [4.69, 9.17) is 0 Å². The number of hydrogen-bond donors (Lipinski definition) is 0. The largest absolute Gasteiger partial charge is 0 e. The van der Waals surface area contributed by atoms with E-state index >= 15 is 0 Å². The molecule has 0 bridgehead atoms. The van der Waals surface area contributed by atoms with Gasteiger partial charge in [-0.15, -0.1) is 0 Å². The fraction of sp³-hybridized carbons (Fsp3) is 0. The first-order valence-corrected chi connectivity index (χ1v) is 0. The summed E-state index contributed by atoms with van der Waals surface area (Å²) in [6.45, 7) is 0. The molecule has 6 heavy (non-hydrogen) atoms. The second-order valence-corrected chi connectivity index (χ2v) is 0. The first-order chi connectivity index (χ1) is 0. The molecule has 0 nitrogen and oxygen atoms in total. The van der Waals surface area contributed by atoms with Crippen molar-refractivity contribution in [2.75, 3.05) is 0 Å². The molecule has 0 saturated carbocycles. The van der Waals surface area contributed by atoms with Crippen molar-refractivity contribution in [3.05, 3.63) is 0 Å². The van der Waals surface area contributed by atoms with E-state index in [1.165, 1.54) is 0 Å². The summed E-state index contributed by atoms with van der Waals surface area (Å²) in [5, 5.41) is 0. The third kappa shape index (κ3) is 23.0. The average Bonchev–Trinajstić information content (AvgIpc) is 0. The molecule has 0 aliphatic heterocycles. The smallest absolute Gasteiger partial charge is 0 e. The predicted octanol–water partition coefficient (Wildman–Crippen LogP) is -0.0100. The molecule has 0 aromatic rings. The molecule has 0 aromatic carbocycles. The molecule has 0 aromatic heterocycles. The van der Waals surface area contributed by atoms with E-state index in [-0.39, 0.29) is 155 Å². The van der Waals surface area contributed by atoms with Gasteiger partial charge in [0.1, 0.15) is 0 Å². The van der Waals surface area contributed by atoms with Gasteiger partial charge in [-0.3, -0.25) is 0 Å². The molecule has 0 rings (SSSR count). The van der Waals surface area contributed by atoms with Gasteiger partial charge in [-0.2, -0.15) is 0 Å². The molecule has 0 N–H and O–H groups in total. The van der Waals surface area contributed by atoms with Gasteiger partial charge in [0, 0.05) is 155 Å². The molecule has 0 unspecified atom stereocenters. The van der Waals surface area contributed by atoms with E-state index in [1.807, 2.05) is 0 Å². The van der Waals surface area contributed by atoms with Crippen LogP contribution in [0.1, 0.15) is 0 Å². The minimum Gasteiger partial charge on any atom is 0 e. The van der Waals surface area contributed by atoms with Gasteiger partial charge in [-0.1, -0.05) is 0 Å². The standard InChI is InChI=1S/Ag.Ce.Cr.Cu.La.Pd. The summed E-state index contributed by atoms with van der Waals surface area (Å²) in [5.74, 6) is 0. The maximum absolute atomic E-state index is 0. The monoisotopic (exact) mass is 606 g/mol. The van der Waals surface area contributed by atoms with Crippen LogP contribution in [0.5, 0.6) is 0 Å². The first-order valence-electron chi connectivity index (χ1n) is 0. The van der Waals surface area contributed by atoms with Crippen molar-refractivity contribution < 1.29 is 155 Å². The Morgan fingerprint density at radius 1 is 1.00 bits per heavy atom. The zero-order chi connectivity index (χ0) is 0. The average molecular weight is 609 g/mol. The van der Waals surface area contributed by atoms with Crippen LogP contribution >= 0.6 is 0 Å². The van der Waals surface area contributed by atoms with Crippen molar-refractivity contribution in [1.29, 1.82) is 0 Å². The molecule has 0 aliphatic rings. The van der Waals surface area contributed by atoms with Crippen LogP contribution in [0, 0.1) is 77.3 Å². The molecule has 6 heteroatoms. The van der Waals surface area contributed by atoms with Crippen molar-refractivity contribution in [3.63, 3.8) is 0 Å². The molecule has 0 fully saturated rings. The number of hydrogen-bond acceptors (Lipinski definition) is 0. The Morgan fingerprint density at radius 3 is 1.00 bits per heavy atom. The minimum atomic E-state index is 0. The Morgan fingerprint density at radius 2 is 1.00 bits per heavy atom. The second-order valence-electron chi connectivity index (χ2n) is 0. The predicted molar refractivity (Wildman–Crippen MR) is 0 cm³/mol. The molecular formula is AgCeCrCuLaPd. The molecule has 0 spiro atoms. The quantitative estimate of drug-likeness (QED) is 0.340. The normalized spacial score (nSPS) is 0. The SMILES string of the molecule is [Ag].[Ce].[Cr].[Cu].[La].[Pd]. The van der Waals surface area contributed by atoms with Crippen LogP contribution in [0.2, 0.25) is 0 Å². The summed E-state index contributed by atoms with van der Waals surface area (Å²) in [7, 11) is 0. The third-order valence-electron chi connectivity index (χ3n) is 0. The summed E-state index contributed by atoms with van der Waals surface area (Å²) in [6.07, 6.45) is 0. The van der Waals surface area contributed by atoms with E-state index in [9.17, 15) is 0 Å². The first kappa shape index (κ1) is 43.9. The molecule has 45 valence electrons. The van der Waals surface area contributed by atoms with Gasteiger partial charge in [0.2, 0.25) is 0 Å². The van der Waals surface area contributed by atoms with Crippen LogP contribution in [0.15, 0.2) is 0 Å². The van der Waals surface area contributed by atoms with Crippen LogP contribution in [0.25, 0.3) is 0 Å². The van der Waals surface area contributed by atoms with Crippen LogP contribution in [-0.4, -0.2) is 0 Å². The van der Waals surface area contributed by atoms with Crippen LogP contribution < -0.4 is 0 Å². The van der Waals surface area contributed by atoms with Gasteiger partial charge < -0.3 is 0 Å². The summed E-state index contributed by atoms with van der Waals surface area (Å²) >= 11 is 0. The van der Waals surface area contributed by atoms with Crippen LogP contribution in [0.3, 0.4) is 0 Å². The van der Waals surface area contributed by atoms with E-state index in [0.29, 0.717) is 0 Å². The molecule has 3 radical (unpaired) electrons. The van der Waals surface area contributed by atoms with E-state index in [2.05, 4.69) is 0 Å². The maximum Gasteiger partial charge on any atom is 0 e. The van der Waals surface area contributed by atoms with Crippen molar-refractivity contribution in [2.45, 2.75) is 0 Å². The van der Waals surface area contributed by atoms with Gasteiger partial charge >= 0.3 is 0 Å². The summed E-state index contributed by atoms with van der Waals surface area (Å²) in [5.41, 5.74) is 0. The van der Waals surface area contributed by atoms with Crippen LogP contribution in [0.4, 0.5) is 0 Å². The maximum atomic E-state index is 0. The van der Waals surface area contributed by atoms with E-state index in [1.54, 1.807) is 0 Å². The van der Waals surface area contributed by atoms with Crippen molar-refractivity contribution >= 4 is 0 Å². The molecule has 0 heterocycles. The molecular weight excluding hydrogens is 609 g/mol. The van der Waals surface area contributed by atoms with Gasteiger partial charge in [0.05, 0.1) is 0 Å². The minimum absolute atomic E-state index is 0. The Bertz CT molecular complexity index is 15.5. The Hall–Kier alpha value is 5.03. The zero-order valence-corrected chi connectivity index (χ0v) is 14.4. The van der Waals surface area contributed by atoms with Gasteiger partial charge in [-0.25, -0.2) is 0 Å². The van der Waals surface area contributed by atoms with Crippen molar-refractivity contribution in [1.82, 2.24) is 0 Å². The molecule has 0 aliphatic carbocycles. The summed E-state index contributed by atoms with van der Waals surface area (Å²) < 4.78 is 0. The van der Waals surface area contributed by atoms with Crippen LogP contribution in [-0.2, 0) is 77.2 Å². The van der Waals surface area contributed by atoms with Gasteiger partial charge in [0.15, 0.2) is 0 Å². The third-order valence-corrected chi connectivity index (χ3v) is 0. The zero-order valence-electron chi connectivity index (χ0n) is 2.40. The summed E-state index contributed by atoms with van der Waals surface area (Å²) in [4.78, 5) is 0. The van der Waals surface area contributed by atoms with Gasteiger partial charge in [-0.05, 0) is 0 Å².